The first-order valence-electron chi connectivity index (χ1n) is 5.34. The van der Waals surface area contributed by atoms with E-state index in [2.05, 4.69) is 11.4 Å². The molecule has 1 heterocycles. The smallest absolute Gasteiger partial charge is 0.261 e. The van der Waals surface area contributed by atoms with Crippen molar-refractivity contribution < 1.29 is 4.79 Å². The van der Waals surface area contributed by atoms with E-state index >= 15 is 0 Å². The van der Waals surface area contributed by atoms with Crippen molar-refractivity contribution in [3.63, 3.8) is 0 Å². The van der Waals surface area contributed by atoms with Crippen LogP contribution in [0, 0.1) is 11.3 Å². The van der Waals surface area contributed by atoms with Crippen LogP contribution in [-0.2, 0) is 0 Å². The maximum Gasteiger partial charge on any atom is 0.261 e. The fourth-order valence-corrected chi connectivity index (χ4v) is 2.55. The minimum Gasteiger partial charge on any atom is -0.349 e. The van der Waals surface area contributed by atoms with Crippen molar-refractivity contribution in [3.05, 3.63) is 34.7 Å². The topological polar surface area (TPSA) is 52.9 Å². The average Bonchev–Trinajstić information content (AvgIpc) is 2.70. The van der Waals surface area contributed by atoms with Crippen LogP contribution >= 0.6 is 11.3 Å². The molecule has 0 aliphatic rings. The molecule has 0 saturated carbocycles. The predicted octanol–water partition coefficient (Wildman–Crippen LogP) is 2.91. The number of nitrogens with zero attached hydrogens (tertiary/aromatic N) is 1. The summed E-state index contributed by atoms with van der Waals surface area (Å²) in [6.45, 7) is 3.86. The van der Waals surface area contributed by atoms with Crippen LogP contribution in [0.3, 0.4) is 0 Å². The van der Waals surface area contributed by atoms with Gasteiger partial charge in [0, 0.05) is 10.7 Å². The normalized spacial score (nSPS) is 10.5. The number of fused-ring (bicyclic) bond motifs is 1. The molecule has 0 atom stereocenters. The van der Waals surface area contributed by atoms with Gasteiger partial charge in [-0.3, -0.25) is 4.79 Å². The first kappa shape index (κ1) is 11.6. The zero-order valence-electron chi connectivity index (χ0n) is 9.65. The second kappa shape index (κ2) is 4.56. The highest BCUT2D eigenvalue weighted by molar-refractivity contribution is 7.20. The Kier molecular flexibility index (Phi) is 3.12. The van der Waals surface area contributed by atoms with Crippen LogP contribution in [0.15, 0.2) is 24.3 Å². The minimum atomic E-state index is -0.0558. The van der Waals surface area contributed by atoms with Crippen LogP contribution in [0.25, 0.3) is 10.1 Å². The maximum absolute atomic E-state index is 11.8. The summed E-state index contributed by atoms with van der Waals surface area (Å²) in [5.41, 5.74) is 0.621. The molecule has 0 aliphatic carbocycles. The zero-order chi connectivity index (χ0) is 12.4. The number of benzene rings is 1. The molecule has 86 valence electrons. The summed E-state index contributed by atoms with van der Waals surface area (Å²) in [6.07, 6.45) is 0. The molecule has 1 aromatic heterocycles. The highest BCUT2D eigenvalue weighted by Crippen LogP contribution is 2.26. The SMILES string of the molecule is CC(C)NC(=O)c1cc2ccc(C#N)cc2s1. The van der Waals surface area contributed by atoms with E-state index in [9.17, 15) is 4.79 Å². The Bertz CT molecular complexity index is 607. The molecule has 4 heteroatoms. The van der Waals surface area contributed by atoms with E-state index in [0.29, 0.717) is 10.4 Å². The van der Waals surface area contributed by atoms with Crippen LogP contribution in [0.4, 0.5) is 0 Å². The molecule has 1 aromatic carbocycles. The van der Waals surface area contributed by atoms with Crippen molar-refractivity contribution in [2.75, 3.05) is 0 Å². The van der Waals surface area contributed by atoms with Gasteiger partial charge in [-0.05, 0) is 37.4 Å². The molecule has 0 fully saturated rings. The second-order valence-electron chi connectivity index (χ2n) is 4.10. The molecular formula is C13H12N2OS. The monoisotopic (exact) mass is 244 g/mol. The van der Waals surface area contributed by atoms with Crippen molar-refractivity contribution in [1.29, 1.82) is 5.26 Å². The van der Waals surface area contributed by atoms with E-state index < -0.39 is 0 Å². The molecule has 1 amide bonds. The molecule has 0 unspecified atom stereocenters. The fourth-order valence-electron chi connectivity index (χ4n) is 1.55. The van der Waals surface area contributed by atoms with Gasteiger partial charge in [0.25, 0.3) is 5.91 Å². The van der Waals surface area contributed by atoms with Crippen molar-refractivity contribution in [3.8, 4) is 6.07 Å². The Balaban J connectivity index is 2.38. The number of nitrogens with one attached hydrogen (secondary N) is 1. The standard InChI is InChI=1S/C13H12N2OS/c1-8(2)15-13(16)12-6-10-4-3-9(7-14)5-11(10)17-12/h3-6,8H,1-2H3,(H,15,16). The third kappa shape index (κ3) is 2.45. The lowest BCUT2D eigenvalue weighted by Crippen LogP contribution is -2.29. The van der Waals surface area contributed by atoms with E-state index in [4.69, 9.17) is 5.26 Å². The molecule has 2 rings (SSSR count). The van der Waals surface area contributed by atoms with E-state index in [1.165, 1.54) is 11.3 Å². The van der Waals surface area contributed by atoms with Crippen LogP contribution in [0.2, 0.25) is 0 Å². The molecule has 0 spiro atoms. The van der Waals surface area contributed by atoms with Crippen LogP contribution in [0.5, 0.6) is 0 Å². The number of amides is 1. The highest BCUT2D eigenvalue weighted by atomic mass is 32.1. The van der Waals surface area contributed by atoms with Gasteiger partial charge in [-0.15, -0.1) is 11.3 Å². The van der Waals surface area contributed by atoms with Gasteiger partial charge in [-0.25, -0.2) is 0 Å². The molecule has 2 aromatic rings. The van der Waals surface area contributed by atoms with Gasteiger partial charge in [0.05, 0.1) is 16.5 Å². The Hall–Kier alpha value is -1.86. The number of carbonyl (C=O) groups is 1. The summed E-state index contributed by atoms with van der Waals surface area (Å²) >= 11 is 1.41. The minimum absolute atomic E-state index is 0.0558. The summed E-state index contributed by atoms with van der Waals surface area (Å²) in [5, 5.41) is 12.7. The number of hydrogen-bond acceptors (Lipinski definition) is 3. The number of thiophene rings is 1. The number of carbonyl (C=O) groups excluding carboxylic acids is 1. The Morgan fingerprint density at radius 1 is 1.41 bits per heavy atom. The van der Waals surface area contributed by atoms with Crippen molar-refractivity contribution >= 4 is 27.3 Å². The number of rotatable bonds is 2. The van der Waals surface area contributed by atoms with E-state index in [-0.39, 0.29) is 11.9 Å². The average molecular weight is 244 g/mol. The molecule has 0 aliphatic heterocycles. The van der Waals surface area contributed by atoms with Crippen LogP contribution in [-0.4, -0.2) is 11.9 Å². The van der Waals surface area contributed by atoms with Crippen LogP contribution in [0.1, 0.15) is 29.1 Å². The van der Waals surface area contributed by atoms with Crippen molar-refractivity contribution in [2.24, 2.45) is 0 Å². The molecule has 0 saturated heterocycles. The van der Waals surface area contributed by atoms with Gasteiger partial charge in [-0.2, -0.15) is 5.26 Å². The summed E-state index contributed by atoms with van der Waals surface area (Å²) < 4.78 is 0.970. The summed E-state index contributed by atoms with van der Waals surface area (Å²) in [5.74, 6) is -0.0558. The fraction of sp³-hybridized carbons (Fsp3) is 0.231. The Morgan fingerprint density at radius 2 is 2.18 bits per heavy atom. The van der Waals surface area contributed by atoms with E-state index in [1.807, 2.05) is 32.0 Å². The van der Waals surface area contributed by atoms with E-state index in [1.54, 1.807) is 6.07 Å². The lowest BCUT2D eigenvalue weighted by atomic mass is 10.2. The third-order valence-electron chi connectivity index (χ3n) is 2.29. The number of nitriles is 1. The molecule has 1 N–H and O–H groups in total. The lowest BCUT2D eigenvalue weighted by molar-refractivity contribution is 0.0947. The van der Waals surface area contributed by atoms with Gasteiger partial charge in [0.2, 0.25) is 0 Å². The molecule has 0 radical (unpaired) electrons. The predicted molar refractivity (Wildman–Crippen MR) is 69.1 cm³/mol. The Morgan fingerprint density at radius 3 is 2.82 bits per heavy atom. The summed E-state index contributed by atoms with van der Waals surface area (Å²) in [4.78, 5) is 12.5. The highest BCUT2D eigenvalue weighted by Gasteiger charge is 2.11. The molecule has 3 nitrogen and oxygen atoms in total. The largest absolute Gasteiger partial charge is 0.349 e. The maximum atomic E-state index is 11.8. The quantitative estimate of drug-likeness (QED) is 0.883. The van der Waals surface area contributed by atoms with Gasteiger partial charge in [0.15, 0.2) is 0 Å². The first-order valence-corrected chi connectivity index (χ1v) is 6.16. The summed E-state index contributed by atoms with van der Waals surface area (Å²) in [6, 6.07) is 9.53. The van der Waals surface area contributed by atoms with Crippen molar-refractivity contribution in [2.45, 2.75) is 19.9 Å². The summed E-state index contributed by atoms with van der Waals surface area (Å²) in [7, 11) is 0. The Labute approximate surface area is 104 Å². The van der Waals surface area contributed by atoms with Gasteiger partial charge in [-0.1, -0.05) is 6.07 Å². The lowest BCUT2D eigenvalue weighted by Gasteiger charge is -2.05. The zero-order valence-corrected chi connectivity index (χ0v) is 10.5. The first-order chi connectivity index (χ1) is 8.10. The number of hydrogen-bond donors (Lipinski definition) is 1. The van der Waals surface area contributed by atoms with Crippen molar-refractivity contribution in [1.82, 2.24) is 5.32 Å². The van der Waals surface area contributed by atoms with Gasteiger partial charge < -0.3 is 5.32 Å². The van der Waals surface area contributed by atoms with Gasteiger partial charge in [0.1, 0.15) is 0 Å². The molecular weight excluding hydrogens is 232 g/mol. The van der Waals surface area contributed by atoms with E-state index in [0.717, 1.165) is 10.1 Å². The molecule has 0 bridgehead atoms. The molecule has 17 heavy (non-hydrogen) atoms. The van der Waals surface area contributed by atoms with Crippen LogP contribution < -0.4 is 5.32 Å². The third-order valence-corrected chi connectivity index (χ3v) is 3.39. The second-order valence-corrected chi connectivity index (χ2v) is 5.19. The van der Waals surface area contributed by atoms with Gasteiger partial charge >= 0.3 is 0 Å².